The van der Waals surface area contributed by atoms with Gasteiger partial charge in [0.05, 0.1) is 6.04 Å². The molecule has 5 amide bonds. The van der Waals surface area contributed by atoms with Gasteiger partial charge in [-0.1, -0.05) is 74.1 Å². The Bertz CT molecular complexity index is 1320. The van der Waals surface area contributed by atoms with Crippen LogP contribution in [0.4, 0.5) is 4.79 Å². The number of hydrogen-bond acceptors (Lipinski definition) is 7. The lowest BCUT2D eigenvalue weighted by molar-refractivity contribution is -0.143. The largest absolute Gasteiger partial charge is 0.363 e. The van der Waals surface area contributed by atoms with E-state index in [1.807, 2.05) is 20.8 Å². The van der Waals surface area contributed by atoms with Crippen LogP contribution in [-0.2, 0) is 19.2 Å². The van der Waals surface area contributed by atoms with Crippen LogP contribution in [0.15, 0.2) is 0 Å². The molecule has 3 aliphatic carbocycles. The molecule has 0 aromatic heterocycles. The van der Waals surface area contributed by atoms with Crippen molar-refractivity contribution in [3.63, 3.8) is 0 Å². The fourth-order valence-corrected chi connectivity index (χ4v) is 10.2. The van der Waals surface area contributed by atoms with Crippen LogP contribution >= 0.6 is 0 Å². The molecule has 5 rings (SSSR count). The summed E-state index contributed by atoms with van der Waals surface area (Å²) in [7, 11) is 0. The lowest BCUT2D eigenvalue weighted by atomic mass is 9.73. The van der Waals surface area contributed by atoms with E-state index in [1.165, 1.54) is 0 Å². The molecule has 282 valence electrons. The molecule has 0 aromatic rings. The lowest BCUT2D eigenvalue weighted by Crippen LogP contribution is -2.62. The Morgan fingerprint density at radius 3 is 2.00 bits per heavy atom. The highest BCUT2D eigenvalue weighted by atomic mass is 16.2. The number of carbonyl (C=O) groups excluding carboxylic acids is 5. The summed E-state index contributed by atoms with van der Waals surface area (Å²) >= 11 is 0. The van der Waals surface area contributed by atoms with E-state index in [-0.39, 0.29) is 40.0 Å². The second-order valence-corrected chi connectivity index (χ2v) is 18.6. The van der Waals surface area contributed by atoms with Crippen molar-refractivity contribution in [2.75, 3.05) is 26.2 Å². The van der Waals surface area contributed by atoms with Gasteiger partial charge in [-0.3, -0.25) is 24.1 Å². The Balaban J connectivity index is 1.36. The molecule has 2 spiro atoms. The maximum absolute atomic E-state index is 14.8. The minimum atomic E-state index is -1.06. The Morgan fingerprint density at radius 1 is 0.920 bits per heavy atom. The summed E-state index contributed by atoms with van der Waals surface area (Å²) in [5.41, 5.74) is 4.52. The molecule has 12 nitrogen and oxygen atoms in total. The van der Waals surface area contributed by atoms with Gasteiger partial charge >= 0.3 is 6.03 Å². The number of primary amides is 1. The second-order valence-electron chi connectivity index (χ2n) is 18.6. The number of ketones is 1. The fourth-order valence-electron chi connectivity index (χ4n) is 10.2. The number of likely N-dealkylation sites (tertiary alicyclic amines) is 1. The van der Waals surface area contributed by atoms with Gasteiger partial charge in [0.25, 0.3) is 5.91 Å². The van der Waals surface area contributed by atoms with Gasteiger partial charge in [-0.05, 0) is 67.6 Å². The SMILES string of the molecule is CC(C)[C@@H](CN1C[C@@H](C)N[C@@H](C)C1)NC(=O)N[C@H](C(=O)N1C[C@]2(C[C@H]1C(=O)NC(CC1CCC1)C(=O)C(N)=O)C(C)(C)C21CCC1)C(C)(C)C. The summed E-state index contributed by atoms with van der Waals surface area (Å²) in [5, 5.41) is 12.7. The normalized spacial score (nSPS) is 30.6. The van der Waals surface area contributed by atoms with Gasteiger partial charge in [0.2, 0.25) is 17.6 Å². The number of piperazine rings is 1. The summed E-state index contributed by atoms with van der Waals surface area (Å²) in [4.78, 5) is 71.8. The molecule has 3 saturated carbocycles. The molecule has 5 aliphatic rings. The van der Waals surface area contributed by atoms with Crippen LogP contribution in [0.5, 0.6) is 0 Å². The molecular weight excluding hydrogens is 634 g/mol. The maximum Gasteiger partial charge on any atom is 0.315 e. The molecule has 5 fully saturated rings. The number of Topliss-reactive ketones (excluding diaryl/α,β-unsaturated/α-hetero) is 1. The highest BCUT2D eigenvalue weighted by Gasteiger charge is 2.85. The third-order valence-electron chi connectivity index (χ3n) is 13.7. The van der Waals surface area contributed by atoms with E-state index in [4.69, 9.17) is 5.73 Å². The van der Waals surface area contributed by atoms with Crippen molar-refractivity contribution < 1.29 is 24.0 Å². The van der Waals surface area contributed by atoms with Gasteiger partial charge < -0.3 is 31.9 Å². The number of rotatable bonds is 12. The molecule has 2 aliphatic heterocycles. The third-order valence-corrected chi connectivity index (χ3v) is 13.7. The Morgan fingerprint density at radius 2 is 1.54 bits per heavy atom. The van der Waals surface area contributed by atoms with Crippen LogP contribution in [0.3, 0.4) is 0 Å². The number of carbonyl (C=O) groups is 5. The van der Waals surface area contributed by atoms with Crippen LogP contribution in [0.1, 0.15) is 114 Å². The predicted octanol–water partition coefficient (Wildman–Crippen LogP) is 2.93. The van der Waals surface area contributed by atoms with E-state index in [0.717, 1.165) is 51.6 Å². The second kappa shape index (κ2) is 14.0. The third kappa shape index (κ3) is 7.04. The van der Waals surface area contributed by atoms with E-state index in [1.54, 1.807) is 4.90 Å². The van der Waals surface area contributed by atoms with E-state index in [2.05, 4.69) is 67.7 Å². The highest BCUT2D eigenvalue weighted by molar-refractivity contribution is 6.37. The number of nitrogens with one attached hydrogen (secondary N) is 4. The fraction of sp³-hybridized carbons (Fsp3) is 0.868. The van der Waals surface area contributed by atoms with Crippen molar-refractivity contribution in [3.8, 4) is 0 Å². The minimum Gasteiger partial charge on any atom is -0.363 e. The van der Waals surface area contributed by atoms with Gasteiger partial charge in [-0.25, -0.2) is 4.79 Å². The molecular formula is C38H65N7O5. The topological polar surface area (TPSA) is 166 Å². The lowest BCUT2D eigenvalue weighted by Gasteiger charge is -2.39. The molecule has 1 unspecified atom stereocenters. The number of fused-ring (bicyclic) bond motifs is 1. The summed E-state index contributed by atoms with van der Waals surface area (Å²) in [5.74, 6) is -2.17. The zero-order chi connectivity index (χ0) is 37.0. The maximum atomic E-state index is 14.8. The Labute approximate surface area is 299 Å². The van der Waals surface area contributed by atoms with Crippen LogP contribution in [-0.4, -0.2) is 102 Å². The number of amides is 5. The van der Waals surface area contributed by atoms with Crippen molar-refractivity contribution in [1.82, 2.24) is 31.1 Å². The molecule has 0 aromatic carbocycles. The van der Waals surface area contributed by atoms with E-state index >= 15 is 0 Å². The molecule has 7 atom stereocenters. The average molecular weight is 700 g/mol. The van der Waals surface area contributed by atoms with Crippen LogP contribution in [0.2, 0.25) is 0 Å². The van der Waals surface area contributed by atoms with E-state index < -0.39 is 47.2 Å². The van der Waals surface area contributed by atoms with Crippen molar-refractivity contribution in [1.29, 1.82) is 0 Å². The zero-order valence-electron chi connectivity index (χ0n) is 32.1. The smallest absolute Gasteiger partial charge is 0.315 e. The first kappa shape index (κ1) is 38.5. The first-order chi connectivity index (χ1) is 23.2. The first-order valence-corrected chi connectivity index (χ1v) is 19.2. The van der Waals surface area contributed by atoms with Crippen molar-refractivity contribution >= 4 is 29.5 Å². The Hall–Kier alpha value is -2.73. The summed E-state index contributed by atoms with van der Waals surface area (Å²) < 4.78 is 0. The van der Waals surface area contributed by atoms with E-state index in [9.17, 15) is 24.0 Å². The standard InChI is InChI=1S/C38H65N7O5/c1-22(2)27(20-44-18-23(3)40-24(4)19-44)42-34(50)43-30(35(5,6)7)33(49)45-21-38(36(8,9)37(38)14-11-15-37)17-28(45)32(48)41-26(29(46)31(39)47)16-25-12-10-13-25/h22-28,30,40H,10-21H2,1-9H3,(H2,39,47)(H,41,48)(H2,42,43,50)/t23-,24+,26?,27-,28+,30-,38-/m1/s1. The van der Waals surface area contributed by atoms with Crippen molar-refractivity contribution in [2.24, 2.45) is 39.2 Å². The number of urea groups is 1. The zero-order valence-corrected chi connectivity index (χ0v) is 32.1. The molecule has 12 heteroatoms. The monoisotopic (exact) mass is 700 g/mol. The molecule has 6 N–H and O–H groups in total. The average Bonchev–Trinajstić information content (AvgIpc) is 3.18. The number of nitrogens with two attached hydrogens (primary N) is 1. The highest BCUT2D eigenvalue weighted by Crippen LogP contribution is 2.88. The molecule has 0 radical (unpaired) electrons. The molecule has 0 bridgehead atoms. The van der Waals surface area contributed by atoms with Gasteiger partial charge in [-0.2, -0.15) is 0 Å². The van der Waals surface area contributed by atoms with Gasteiger partial charge in [0, 0.05) is 49.7 Å². The van der Waals surface area contributed by atoms with Crippen LogP contribution in [0, 0.1) is 33.5 Å². The summed E-state index contributed by atoms with van der Waals surface area (Å²) in [6.07, 6.45) is 7.04. The molecule has 2 heterocycles. The van der Waals surface area contributed by atoms with Gasteiger partial charge in [-0.15, -0.1) is 0 Å². The molecule has 2 saturated heterocycles. The summed E-state index contributed by atoms with van der Waals surface area (Å²) in [6.45, 7) is 21.7. The van der Waals surface area contributed by atoms with Gasteiger partial charge in [0.15, 0.2) is 0 Å². The summed E-state index contributed by atoms with van der Waals surface area (Å²) in [6, 6.07) is -2.57. The number of nitrogens with zero attached hydrogens (tertiary/aromatic N) is 2. The Kier molecular flexibility index (Phi) is 10.8. The first-order valence-electron chi connectivity index (χ1n) is 19.2. The quantitative estimate of drug-likeness (QED) is 0.196. The molecule has 50 heavy (non-hydrogen) atoms. The van der Waals surface area contributed by atoms with E-state index in [0.29, 0.717) is 38.0 Å². The van der Waals surface area contributed by atoms with Gasteiger partial charge in [0.1, 0.15) is 12.1 Å². The predicted molar refractivity (Wildman–Crippen MR) is 193 cm³/mol. The minimum absolute atomic E-state index is 0.0629. The van der Waals surface area contributed by atoms with Crippen molar-refractivity contribution in [2.45, 2.75) is 150 Å². The number of hydrogen-bond donors (Lipinski definition) is 5. The van der Waals surface area contributed by atoms with Crippen molar-refractivity contribution in [3.05, 3.63) is 0 Å². The van der Waals surface area contributed by atoms with Crippen LogP contribution < -0.4 is 27.0 Å². The van der Waals surface area contributed by atoms with Crippen LogP contribution in [0.25, 0.3) is 0 Å².